The Morgan fingerprint density at radius 1 is 1.11 bits per heavy atom. The third-order valence-electron chi connectivity index (χ3n) is 5.93. The minimum atomic E-state index is -0.633. The van der Waals surface area contributed by atoms with Crippen molar-refractivity contribution in [3.05, 3.63) is 39.8 Å². The molecule has 7 nitrogen and oxygen atoms in total. The Hall–Kier alpha value is -1.90. The van der Waals surface area contributed by atoms with Crippen LogP contribution in [-0.4, -0.2) is 59.5 Å². The van der Waals surface area contributed by atoms with Gasteiger partial charge in [-0.05, 0) is 83.4 Å². The van der Waals surface area contributed by atoms with Crippen molar-refractivity contribution in [1.29, 1.82) is 0 Å². The van der Waals surface area contributed by atoms with Crippen LogP contribution in [0, 0.1) is 0 Å². The summed E-state index contributed by atoms with van der Waals surface area (Å²) < 4.78 is 12.6. The van der Waals surface area contributed by atoms with Crippen molar-refractivity contribution < 1.29 is 14.3 Å². The van der Waals surface area contributed by atoms with Gasteiger partial charge in [0.2, 0.25) is 0 Å². The zero-order chi connectivity index (χ0) is 25.8. The average Bonchev–Trinajstić information content (AvgIpc) is 2.74. The summed E-state index contributed by atoms with van der Waals surface area (Å²) >= 11 is 6.56. The monoisotopic (exact) mass is 525 g/mol. The van der Waals surface area contributed by atoms with Crippen LogP contribution in [0.5, 0.6) is 0 Å². The molecule has 2 N–H and O–H groups in total. The molecule has 0 aliphatic heterocycles. The Bertz CT molecular complexity index is 1080. The summed E-state index contributed by atoms with van der Waals surface area (Å²) in [6.07, 6.45) is 11.7. The SMILES string of the molecule is CC(C)(C)OC(=O)NC1CCC(Nc2ccc3c(=O)n(COCCS(C)(C)C)cc(Cl)c3c2)CC1. The number of alkyl carbamates (subject to hydrolysis) is 1. The maximum Gasteiger partial charge on any atom is 0.407 e. The molecule has 1 fully saturated rings. The number of hydrogen-bond acceptors (Lipinski definition) is 5. The minimum absolute atomic E-state index is 0.104. The van der Waals surface area contributed by atoms with E-state index in [2.05, 4.69) is 29.4 Å². The van der Waals surface area contributed by atoms with Crippen molar-refractivity contribution in [3.8, 4) is 0 Å². The van der Waals surface area contributed by atoms with E-state index in [1.807, 2.05) is 39.0 Å². The van der Waals surface area contributed by atoms with Gasteiger partial charge >= 0.3 is 6.09 Å². The number of halogens is 1. The van der Waals surface area contributed by atoms with Crippen LogP contribution in [0.3, 0.4) is 0 Å². The number of nitrogens with zero attached hydrogens (tertiary/aromatic N) is 1. The number of carbonyl (C=O) groups excluding carboxylic acids is 1. The number of nitrogens with one attached hydrogen (secondary N) is 2. The molecule has 1 aliphatic carbocycles. The van der Waals surface area contributed by atoms with Gasteiger partial charge in [0.1, 0.15) is 12.3 Å². The Labute approximate surface area is 215 Å². The lowest BCUT2D eigenvalue weighted by molar-refractivity contribution is 0.0492. The van der Waals surface area contributed by atoms with E-state index in [0.717, 1.165) is 42.5 Å². The number of anilines is 1. The van der Waals surface area contributed by atoms with Gasteiger partial charge in [-0.25, -0.2) is 14.8 Å². The summed E-state index contributed by atoms with van der Waals surface area (Å²) in [5.74, 6) is 0.997. The quantitative estimate of drug-likeness (QED) is 0.440. The van der Waals surface area contributed by atoms with Crippen LogP contribution in [0.4, 0.5) is 10.5 Å². The summed E-state index contributed by atoms with van der Waals surface area (Å²) in [7, 11) is -0.633. The lowest BCUT2D eigenvalue weighted by atomic mass is 9.91. The lowest BCUT2D eigenvalue weighted by Crippen LogP contribution is -2.42. The number of fused-ring (bicyclic) bond motifs is 1. The summed E-state index contributed by atoms with van der Waals surface area (Å²) in [4.78, 5) is 25.0. The Kier molecular flexibility index (Phi) is 9.05. The Morgan fingerprint density at radius 2 is 1.77 bits per heavy atom. The summed E-state index contributed by atoms with van der Waals surface area (Å²) in [6, 6.07) is 6.12. The molecule has 1 heterocycles. The third kappa shape index (κ3) is 8.62. The molecule has 1 amide bonds. The van der Waals surface area contributed by atoms with E-state index in [1.54, 1.807) is 6.20 Å². The molecule has 0 spiro atoms. The van der Waals surface area contributed by atoms with Gasteiger partial charge in [-0.1, -0.05) is 11.6 Å². The van der Waals surface area contributed by atoms with Crippen molar-refractivity contribution in [1.82, 2.24) is 9.88 Å². The molecule has 3 rings (SSSR count). The zero-order valence-electron chi connectivity index (χ0n) is 21.8. The maximum absolute atomic E-state index is 12.9. The molecule has 0 atom stereocenters. The molecule has 1 aliphatic rings. The van der Waals surface area contributed by atoms with E-state index in [4.69, 9.17) is 21.1 Å². The number of pyridine rings is 1. The summed E-state index contributed by atoms with van der Waals surface area (Å²) in [5.41, 5.74) is 0.334. The van der Waals surface area contributed by atoms with Crippen molar-refractivity contribution in [3.63, 3.8) is 0 Å². The zero-order valence-corrected chi connectivity index (χ0v) is 23.4. The molecule has 0 saturated heterocycles. The summed E-state index contributed by atoms with van der Waals surface area (Å²) in [5, 5.41) is 8.39. The fourth-order valence-corrected chi connectivity index (χ4v) is 4.99. The second-order valence-electron chi connectivity index (χ2n) is 11.2. The van der Waals surface area contributed by atoms with Crippen molar-refractivity contribution in [2.24, 2.45) is 0 Å². The van der Waals surface area contributed by atoms with E-state index < -0.39 is 15.6 Å². The average molecular weight is 526 g/mol. The first-order valence-electron chi connectivity index (χ1n) is 12.1. The molecule has 1 aromatic heterocycles. The van der Waals surface area contributed by atoms with Crippen LogP contribution < -0.4 is 16.2 Å². The number of hydrogen-bond donors (Lipinski definition) is 2. The molecular weight excluding hydrogens is 486 g/mol. The van der Waals surface area contributed by atoms with Gasteiger partial charge < -0.3 is 20.1 Å². The summed E-state index contributed by atoms with van der Waals surface area (Å²) in [6.45, 7) is 6.41. The first-order valence-corrected chi connectivity index (χ1v) is 15.5. The van der Waals surface area contributed by atoms with E-state index >= 15 is 0 Å². The number of rotatable bonds is 8. The molecule has 2 aromatic rings. The number of benzene rings is 1. The largest absolute Gasteiger partial charge is 0.444 e. The maximum atomic E-state index is 12.9. The fraction of sp³-hybridized carbons (Fsp3) is 0.615. The van der Waals surface area contributed by atoms with Crippen molar-refractivity contribution in [2.75, 3.05) is 36.4 Å². The van der Waals surface area contributed by atoms with Crippen LogP contribution in [0.15, 0.2) is 29.2 Å². The van der Waals surface area contributed by atoms with Crippen LogP contribution in [0.25, 0.3) is 10.8 Å². The van der Waals surface area contributed by atoms with E-state index in [0.29, 0.717) is 23.1 Å². The highest BCUT2D eigenvalue weighted by Crippen LogP contribution is 2.33. The molecule has 9 heteroatoms. The Balaban J connectivity index is 1.58. The van der Waals surface area contributed by atoms with E-state index in [1.165, 1.54) is 4.57 Å². The highest BCUT2D eigenvalue weighted by molar-refractivity contribution is 8.32. The number of amides is 1. The van der Waals surface area contributed by atoms with Gasteiger partial charge in [-0.3, -0.25) is 9.36 Å². The standard InChI is InChI=1S/C26H40ClN3O4S/c1-26(2,3)34-25(32)29-19-9-7-18(8-10-19)28-20-11-12-21-22(15-20)23(27)16-30(24(21)31)17-33-13-14-35(4,5)6/h11-12,15-16,18-19,28H,7-10,13-14,17H2,1-6H3,(H,29,32). The van der Waals surface area contributed by atoms with Gasteiger partial charge in [0.15, 0.2) is 0 Å². The molecule has 1 aromatic carbocycles. The third-order valence-corrected chi connectivity index (χ3v) is 7.62. The molecule has 0 bridgehead atoms. The second kappa shape index (κ2) is 11.4. The van der Waals surface area contributed by atoms with Crippen LogP contribution in [0.1, 0.15) is 46.5 Å². The van der Waals surface area contributed by atoms with Crippen LogP contribution in [-0.2, 0) is 16.2 Å². The van der Waals surface area contributed by atoms with E-state index in [-0.39, 0.29) is 24.4 Å². The number of aromatic nitrogens is 1. The highest BCUT2D eigenvalue weighted by atomic mass is 35.5. The topological polar surface area (TPSA) is 81.6 Å². The van der Waals surface area contributed by atoms with Gasteiger partial charge in [0.05, 0.1) is 11.6 Å². The van der Waals surface area contributed by atoms with Gasteiger partial charge in [0.25, 0.3) is 5.56 Å². The molecule has 0 radical (unpaired) electrons. The fourth-order valence-electron chi connectivity index (χ4n) is 4.10. The first kappa shape index (κ1) is 27.7. The van der Waals surface area contributed by atoms with E-state index in [9.17, 15) is 9.59 Å². The Morgan fingerprint density at radius 3 is 2.40 bits per heavy atom. The normalized spacial score (nSPS) is 19.4. The predicted molar refractivity (Wildman–Crippen MR) is 148 cm³/mol. The number of carbonyl (C=O) groups is 1. The second-order valence-corrected chi connectivity index (χ2v) is 16.2. The van der Waals surface area contributed by atoms with Crippen LogP contribution in [0.2, 0.25) is 5.02 Å². The van der Waals surface area contributed by atoms with Gasteiger partial charge in [-0.15, -0.1) is 0 Å². The molecule has 1 saturated carbocycles. The lowest BCUT2D eigenvalue weighted by Gasteiger charge is -2.31. The molecule has 0 unspecified atom stereocenters. The number of ether oxygens (including phenoxy) is 2. The predicted octanol–water partition coefficient (Wildman–Crippen LogP) is 5.57. The van der Waals surface area contributed by atoms with Gasteiger partial charge in [-0.2, -0.15) is 0 Å². The molecule has 35 heavy (non-hydrogen) atoms. The highest BCUT2D eigenvalue weighted by Gasteiger charge is 2.25. The van der Waals surface area contributed by atoms with Crippen molar-refractivity contribution >= 4 is 44.2 Å². The van der Waals surface area contributed by atoms with Gasteiger partial charge in [0, 0.05) is 40.5 Å². The minimum Gasteiger partial charge on any atom is -0.444 e. The van der Waals surface area contributed by atoms with Crippen molar-refractivity contribution in [2.45, 2.75) is 70.9 Å². The molecular formula is C26H40ClN3O4S. The molecule has 196 valence electrons. The first-order chi connectivity index (χ1) is 16.3. The smallest absolute Gasteiger partial charge is 0.407 e. The van der Waals surface area contributed by atoms with Crippen LogP contribution >= 0.6 is 21.6 Å².